The number of H-pyrrole nitrogens is 1. The number of amides is 2. The Labute approximate surface area is 219 Å². The molecule has 0 atom stereocenters. The quantitative estimate of drug-likeness (QED) is 0.232. The molecule has 0 radical (unpaired) electrons. The van der Waals surface area contributed by atoms with Gasteiger partial charge in [0.15, 0.2) is 0 Å². The molecule has 4 N–H and O–H groups in total. The first-order chi connectivity index (χ1) is 18.2. The Hall–Kier alpha value is -5.11. The summed E-state index contributed by atoms with van der Waals surface area (Å²) in [6, 6.07) is 19.7. The average molecular weight is 508 g/mol. The second-order valence-corrected chi connectivity index (χ2v) is 9.14. The Balaban J connectivity index is 1.35. The minimum Gasteiger partial charge on any atom is -0.478 e. The summed E-state index contributed by atoms with van der Waals surface area (Å²) in [5.74, 6) is -0.494. The van der Waals surface area contributed by atoms with E-state index in [4.69, 9.17) is 4.74 Å². The lowest BCUT2D eigenvalue weighted by Gasteiger charge is -2.10. The number of rotatable bonds is 6. The van der Waals surface area contributed by atoms with E-state index < -0.39 is 5.97 Å². The lowest BCUT2D eigenvalue weighted by atomic mass is 10.0. The van der Waals surface area contributed by atoms with Gasteiger partial charge in [0, 0.05) is 40.3 Å². The van der Waals surface area contributed by atoms with Gasteiger partial charge >= 0.3 is 5.97 Å². The molecule has 0 saturated carbocycles. The molecule has 0 saturated heterocycles. The molecular weight excluding hydrogens is 482 g/mol. The molecule has 0 unspecified atom stereocenters. The lowest BCUT2D eigenvalue weighted by Crippen LogP contribution is -2.11. The Kier molecular flexibility index (Phi) is 6.30. The van der Waals surface area contributed by atoms with Gasteiger partial charge in [-0.25, -0.2) is 4.79 Å². The number of aromatic nitrogens is 1. The first kappa shape index (κ1) is 24.6. The van der Waals surface area contributed by atoms with Crippen molar-refractivity contribution in [2.75, 3.05) is 10.6 Å². The van der Waals surface area contributed by atoms with Crippen LogP contribution in [-0.4, -0.2) is 27.9 Å². The van der Waals surface area contributed by atoms with Crippen molar-refractivity contribution in [2.24, 2.45) is 0 Å². The van der Waals surface area contributed by atoms with E-state index in [-0.39, 0.29) is 17.4 Å². The van der Waals surface area contributed by atoms with Crippen LogP contribution in [0.2, 0.25) is 0 Å². The van der Waals surface area contributed by atoms with Gasteiger partial charge in [-0.1, -0.05) is 23.8 Å². The molecule has 8 nitrogen and oxygen atoms in total. The Morgan fingerprint density at radius 2 is 1.71 bits per heavy atom. The molecule has 0 spiro atoms. The van der Waals surface area contributed by atoms with Crippen LogP contribution in [0.25, 0.3) is 11.6 Å². The molecule has 0 fully saturated rings. The minimum absolute atomic E-state index is 0.205. The number of anilines is 2. The van der Waals surface area contributed by atoms with E-state index in [1.165, 1.54) is 0 Å². The maximum Gasteiger partial charge on any atom is 0.337 e. The van der Waals surface area contributed by atoms with E-state index in [0.717, 1.165) is 5.56 Å². The fraction of sp³-hybridized carbons (Fsp3) is 0.100. The molecular formula is C30H25N3O5. The van der Waals surface area contributed by atoms with Crippen LogP contribution in [0.15, 0.2) is 66.7 Å². The van der Waals surface area contributed by atoms with Crippen molar-refractivity contribution in [2.45, 2.75) is 20.8 Å². The number of hydrogen-bond acceptors (Lipinski definition) is 4. The number of ether oxygens (including phenoxy) is 1. The molecule has 1 aromatic heterocycles. The standard InChI is InChI=1S/C30H25N3O5/c1-16-6-4-7-19(12-16)28(34)32-20-8-5-9-21(13-20)38-22-10-11-23-24(29(35)33-26(23)14-22)15-25-17(2)27(30(36)37)18(3)31-25/h4-15,31H,1-3H3,(H,32,34)(H,33,35)(H,36,37)/b24-15-. The van der Waals surface area contributed by atoms with Crippen LogP contribution in [0.3, 0.4) is 0 Å². The van der Waals surface area contributed by atoms with Gasteiger partial charge in [0.25, 0.3) is 11.8 Å². The van der Waals surface area contributed by atoms with Crippen LogP contribution >= 0.6 is 0 Å². The van der Waals surface area contributed by atoms with Crippen LogP contribution in [-0.2, 0) is 4.79 Å². The first-order valence-electron chi connectivity index (χ1n) is 12.0. The zero-order valence-electron chi connectivity index (χ0n) is 21.0. The number of aromatic amines is 1. The van der Waals surface area contributed by atoms with Gasteiger partial charge in [-0.05, 0) is 68.8 Å². The van der Waals surface area contributed by atoms with Crippen molar-refractivity contribution in [3.05, 3.63) is 106 Å². The summed E-state index contributed by atoms with van der Waals surface area (Å²) in [5, 5.41) is 15.2. The van der Waals surface area contributed by atoms with Gasteiger partial charge in [0.2, 0.25) is 0 Å². The number of fused-ring (bicyclic) bond motifs is 1. The van der Waals surface area contributed by atoms with Crippen LogP contribution < -0.4 is 15.4 Å². The number of aromatic carboxylic acids is 1. The van der Waals surface area contributed by atoms with Crippen LogP contribution in [0.4, 0.5) is 11.4 Å². The zero-order valence-corrected chi connectivity index (χ0v) is 21.0. The van der Waals surface area contributed by atoms with E-state index in [0.29, 0.717) is 56.5 Å². The maximum atomic E-state index is 12.7. The summed E-state index contributed by atoms with van der Waals surface area (Å²) in [4.78, 5) is 39.9. The summed E-state index contributed by atoms with van der Waals surface area (Å²) in [7, 11) is 0. The highest BCUT2D eigenvalue weighted by molar-refractivity contribution is 6.35. The number of carboxylic acid groups (broad SMARTS) is 1. The Bertz CT molecular complexity index is 1650. The molecule has 8 heteroatoms. The Morgan fingerprint density at radius 1 is 0.947 bits per heavy atom. The number of carboxylic acids is 1. The summed E-state index contributed by atoms with van der Waals surface area (Å²) in [6.07, 6.45) is 1.66. The lowest BCUT2D eigenvalue weighted by molar-refractivity contribution is -0.110. The summed E-state index contributed by atoms with van der Waals surface area (Å²) >= 11 is 0. The fourth-order valence-corrected chi connectivity index (χ4v) is 4.53. The SMILES string of the molecule is Cc1cccc(C(=O)Nc2cccc(Oc3ccc4c(c3)NC(=O)/C4=C\c3[nH]c(C)c(C(=O)O)c3C)c2)c1. The van der Waals surface area contributed by atoms with E-state index in [2.05, 4.69) is 15.6 Å². The predicted octanol–water partition coefficient (Wildman–Crippen LogP) is 6.18. The molecule has 0 aliphatic carbocycles. The number of carbonyl (C=O) groups excluding carboxylic acids is 2. The van der Waals surface area contributed by atoms with E-state index in [1.807, 2.05) is 25.1 Å². The molecule has 2 amide bonds. The topological polar surface area (TPSA) is 121 Å². The summed E-state index contributed by atoms with van der Waals surface area (Å²) in [5.41, 5.74) is 5.73. The smallest absolute Gasteiger partial charge is 0.337 e. The molecule has 190 valence electrons. The van der Waals surface area contributed by atoms with Crippen molar-refractivity contribution >= 4 is 40.8 Å². The molecule has 2 heterocycles. The molecule has 3 aromatic carbocycles. The number of aryl methyl sites for hydroxylation is 2. The Morgan fingerprint density at radius 3 is 2.45 bits per heavy atom. The van der Waals surface area contributed by atoms with Gasteiger partial charge < -0.3 is 25.5 Å². The molecule has 5 rings (SSSR count). The van der Waals surface area contributed by atoms with E-state index in [1.54, 1.807) is 68.5 Å². The molecule has 1 aliphatic rings. The third-order valence-electron chi connectivity index (χ3n) is 6.36. The van der Waals surface area contributed by atoms with E-state index >= 15 is 0 Å². The van der Waals surface area contributed by atoms with Gasteiger partial charge in [-0.3, -0.25) is 9.59 Å². The molecule has 1 aliphatic heterocycles. The highest BCUT2D eigenvalue weighted by Gasteiger charge is 2.26. The second kappa shape index (κ2) is 9.74. The summed E-state index contributed by atoms with van der Waals surface area (Å²) in [6.45, 7) is 5.33. The van der Waals surface area contributed by atoms with Gasteiger partial charge in [0.05, 0.1) is 16.8 Å². The number of hydrogen-bond donors (Lipinski definition) is 4. The van der Waals surface area contributed by atoms with Crippen molar-refractivity contribution < 1.29 is 24.2 Å². The van der Waals surface area contributed by atoms with Crippen molar-refractivity contribution in [3.8, 4) is 11.5 Å². The highest BCUT2D eigenvalue weighted by atomic mass is 16.5. The fourth-order valence-electron chi connectivity index (χ4n) is 4.53. The second-order valence-electron chi connectivity index (χ2n) is 9.14. The third-order valence-corrected chi connectivity index (χ3v) is 6.36. The summed E-state index contributed by atoms with van der Waals surface area (Å²) < 4.78 is 6.01. The first-order valence-corrected chi connectivity index (χ1v) is 12.0. The molecule has 38 heavy (non-hydrogen) atoms. The van der Waals surface area contributed by atoms with Gasteiger partial charge in [0.1, 0.15) is 11.5 Å². The zero-order chi connectivity index (χ0) is 27.0. The average Bonchev–Trinajstić information content (AvgIpc) is 3.33. The molecule has 4 aromatic rings. The maximum absolute atomic E-state index is 12.7. The number of benzene rings is 3. The van der Waals surface area contributed by atoms with Crippen molar-refractivity contribution in [1.29, 1.82) is 0 Å². The van der Waals surface area contributed by atoms with E-state index in [9.17, 15) is 19.5 Å². The van der Waals surface area contributed by atoms with Crippen LogP contribution in [0.1, 0.15) is 48.8 Å². The largest absolute Gasteiger partial charge is 0.478 e. The number of nitrogens with one attached hydrogen (secondary N) is 3. The predicted molar refractivity (Wildman–Crippen MR) is 146 cm³/mol. The number of carbonyl (C=O) groups is 3. The molecule has 0 bridgehead atoms. The van der Waals surface area contributed by atoms with Gasteiger partial charge in [-0.15, -0.1) is 0 Å². The third kappa shape index (κ3) is 4.79. The van der Waals surface area contributed by atoms with Gasteiger partial charge in [-0.2, -0.15) is 0 Å². The highest BCUT2D eigenvalue weighted by Crippen LogP contribution is 2.37. The monoisotopic (exact) mass is 507 g/mol. The van der Waals surface area contributed by atoms with Crippen molar-refractivity contribution in [1.82, 2.24) is 4.98 Å². The van der Waals surface area contributed by atoms with Crippen LogP contribution in [0.5, 0.6) is 11.5 Å². The van der Waals surface area contributed by atoms with Crippen LogP contribution in [0, 0.1) is 20.8 Å². The minimum atomic E-state index is -1.02. The normalized spacial score (nSPS) is 13.2. The van der Waals surface area contributed by atoms with Crippen molar-refractivity contribution in [3.63, 3.8) is 0 Å².